The average molecular weight is 233 g/mol. The van der Waals surface area contributed by atoms with Gasteiger partial charge in [0.05, 0.1) is 18.3 Å². The summed E-state index contributed by atoms with van der Waals surface area (Å²) in [5.41, 5.74) is 0.403. The zero-order chi connectivity index (χ0) is 12.8. The third kappa shape index (κ3) is 3.72. The van der Waals surface area contributed by atoms with E-state index in [0.29, 0.717) is 11.4 Å². The van der Waals surface area contributed by atoms with Crippen LogP contribution in [0.15, 0.2) is 12.3 Å². The zero-order valence-corrected chi connectivity index (χ0v) is 10.1. The summed E-state index contributed by atoms with van der Waals surface area (Å²) in [6.07, 6.45) is 1.45. The van der Waals surface area contributed by atoms with Crippen molar-refractivity contribution in [2.45, 2.75) is 19.9 Å². The summed E-state index contributed by atoms with van der Waals surface area (Å²) >= 11 is 0. The van der Waals surface area contributed by atoms with E-state index in [9.17, 15) is 4.79 Å². The van der Waals surface area contributed by atoms with E-state index < -0.39 is 0 Å². The Kier molecular flexibility index (Phi) is 4.40. The Balaban J connectivity index is 2.73. The van der Waals surface area contributed by atoms with E-state index in [1.807, 2.05) is 19.9 Å². The minimum Gasteiger partial charge on any atom is -0.352 e. The predicted octanol–water partition coefficient (Wildman–Crippen LogP) is 0.309. The normalized spacial score (nSPS) is 9.82. The Bertz CT molecular complexity index is 438. The second-order valence-electron chi connectivity index (χ2n) is 3.96. The van der Waals surface area contributed by atoms with Crippen LogP contribution in [0.1, 0.15) is 19.4 Å². The summed E-state index contributed by atoms with van der Waals surface area (Å²) in [6, 6.07) is 3.67. The van der Waals surface area contributed by atoms with Gasteiger partial charge in [-0.25, -0.2) is 0 Å². The molecule has 6 nitrogen and oxygen atoms in total. The van der Waals surface area contributed by atoms with Gasteiger partial charge in [-0.15, -0.1) is 5.10 Å². The highest BCUT2D eigenvalue weighted by Gasteiger charge is 2.13. The second kappa shape index (κ2) is 5.80. The van der Waals surface area contributed by atoms with E-state index in [4.69, 9.17) is 5.26 Å². The van der Waals surface area contributed by atoms with E-state index in [-0.39, 0.29) is 18.5 Å². The number of hydrogen-bond donors (Lipinski definition) is 1. The maximum Gasteiger partial charge on any atom is 0.239 e. The molecule has 1 rings (SSSR count). The maximum atomic E-state index is 11.6. The predicted molar refractivity (Wildman–Crippen MR) is 63.3 cm³/mol. The number of carbonyl (C=O) groups excluding carboxylic acids is 1. The number of aromatic nitrogens is 2. The molecule has 0 aromatic carbocycles. The van der Waals surface area contributed by atoms with Gasteiger partial charge in [-0.1, -0.05) is 0 Å². The number of nitrogens with one attached hydrogen (secondary N) is 1. The van der Waals surface area contributed by atoms with Crippen molar-refractivity contribution in [3.05, 3.63) is 17.8 Å². The molecule has 1 amide bonds. The van der Waals surface area contributed by atoms with Gasteiger partial charge in [-0.3, -0.25) is 4.79 Å². The number of rotatable bonds is 4. The molecule has 0 spiro atoms. The third-order valence-corrected chi connectivity index (χ3v) is 2.01. The molecule has 0 aliphatic heterocycles. The first-order chi connectivity index (χ1) is 8.04. The first kappa shape index (κ1) is 12.9. The van der Waals surface area contributed by atoms with Crippen molar-refractivity contribution in [2.24, 2.45) is 0 Å². The molecule has 1 aromatic rings. The Morgan fingerprint density at radius 3 is 2.94 bits per heavy atom. The van der Waals surface area contributed by atoms with Gasteiger partial charge in [0, 0.05) is 13.1 Å². The molecule has 0 aliphatic rings. The maximum absolute atomic E-state index is 11.6. The van der Waals surface area contributed by atoms with Crippen molar-refractivity contribution in [3.8, 4) is 6.07 Å². The fourth-order valence-corrected chi connectivity index (χ4v) is 1.35. The monoisotopic (exact) mass is 233 g/mol. The van der Waals surface area contributed by atoms with Crippen LogP contribution in [0, 0.1) is 11.3 Å². The largest absolute Gasteiger partial charge is 0.352 e. The lowest BCUT2D eigenvalue weighted by Crippen LogP contribution is -2.39. The molecule has 0 saturated carbocycles. The van der Waals surface area contributed by atoms with Gasteiger partial charge < -0.3 is 10.2 Å². The lowest BCUT2D eigenvalue weighted by Gasteiger charge is -2.18. The summed E-state index contributed by atoms with van der Waals surface area (Å²) in [7, 11) is 1.70. The van der Waals surface area contributed by atoms with Crippen LogP contribution in [0.3, 0.4) is 0 Å². The number of carbonyl (C=O) groups is 1. The summed E-state index contributed by atoms with van der Waals surface area (Å²) in [4.78, 5) is 13.2. The van der Waals surface area contributed by atoms with Gasteiger partial charge in [-0.05, 0) is 19.9 Å². The molecule has 6 heteroatoms. The molecule has 0 unspecified atom stereocenters. The summed E-state index contributed by atoms with van der Waals surface area (Å²) in [6.45, 7) is 3.92. The van der Waals surface area contributed by atoms with Crippen LogP contribution in [0.25, 0.3) is 0 Å². The number of nitriles is 1. The van der Waals surface area contributed by atoms with E-state index in [1.165, 1.54) is 6.20 Å². The molecular weight excluding hydrogens is 218 g/mol. The van der Waals surface area contributed by atoms with Gasteiger partial charge in [0.1, 0.15) is 6.07 Å². The summed E-state index contributed by atoms with van der Waals surface area (Å²) in [5, 5.41) is 19.2. The highest BCUT2D eigenvalue weighted by molar-refractivity contribution is 5.81. The Morgan fingerprint density at radius 1 is 1.65 bits per heavy atom. The second-order valence-corrected chi connectivity index (χ2v) is 3.96. The van der Waals surface area contributed by atoms with Crippen LogP contribution in [-0.2, 0) is 4.79 Å². The standard InChI is InChI=1S/C11H15N5O/c1-8(2)14-10(17)7-16(3)11-9(6-12)4-5-13-15-11/h4-5,8H,7H2,1-3H3,(H,14,17). The molecule has 1 N–H and O–H groups in total. The van der Waals surface area contributed by atoms with Gasteiger partial charge >= 0.3 is 0 Å². The minimum absolute atomic E-state index is 0.0909. The van der Waals surface area contributed by atoms with Crippen molar-refractivity contribution < 1.29 is 4.79 Å². The van der Waals surface area contributed by atoms with E-state index in [2.05, 4.69) is 15.5 Å². The smallest absolute Gasteiger partial charge is 0.239 e. The van der Waals surface area contributed by atoms with E-state index in [1.54, 1.807) is 18.0 Å². The van der Waals surface area contributed by atoms with Crippen LogP contribution < -0.4 is 10.2 Å². The highest BCUT2D eigenvalue weighted by atomic mass is 16.2. The van der Waals surface area contributed by atoms with Gasteiger partial charge in [-0.2, -0.15) is 10.4 Å². The molecule has 1 heterocycles. The zero-order valence-electron chi connectivity index (χ0n) is 10.1. The van der Waals surface area contributed by atoms with E-state index in [0.717, 1.165) is 0 Å². The van der Waals surface area contributed by atoms with Crippen molar-refractivity contribution in [2.75, 3.05) is 18.5 Å². The molecule has 0 atom stereocenters. The fourth-order valence-electron chi connectivity index (χ4n) is 1.35. The van der Waals surface area contributed by atoms with Gasteiger partial charge in [0.25, 0.3) is 0 Å². The first-order valence-electron chi connectivity index (χ1n) is 5.27. The highest BCUT2D eigenvalue weighted by Crippen LogP contribution is 2.12. The number of hydrogen-bond acceptors (Lipinski definition) is 5. The molecule has 0 fully saturated rings. The third-order valence-electron chi connectivity index (χ3n) is 2.01. The number of anilines is 1. The lowest BCUT2D eigenvalue weighted by atomic mass is 10.3. The van der Waals surface area contributed by atoms with Crippen LogP contribution in [0.2, 0.25) is 0 Å². The number of nitrogens with zero attached hydrogens (tertiary/aromatic N) is 4. The summed E-state index contributed by atoms with van der Waals surface area (Å²) in [5.74, 6) is 0.297. The average Bonchev–Trinajstić information content (AvgIpc) is 2.27. The van der Waals surface area contributed by atoms with Crippen LogP contribution in [-0.4, -0.2) is 35.7 Å². The topological polar surface area (TPSA) is 81.9 Å². The van der Waals surface area contributed by atoms with Crippen LogP contribution >= 0.6 is 0 Å². The van der Waals surface area contributed by atoms with Gasteiger partial charge in [0.2, 0.25) is 5.91 Å². The van der Waals surface area contributed by atoms with Gasteiger partial charge in [0.15, 0.2) is 5.82 Å². The molecule has 0 aliphatic carbocycles. The molecule has 90 valence electrons. The number of likely N-dealkylation sites (N-methyl/N-ethyl adjacent to an activating group) is 1. The minimum atomic E-state index is -0.114. The Morgan fingerprint density at radius 2 is 2.35 bits per heavy atom. The molecule has 0 radical (unpaired) electrons. The molecular formula is C11H15N5O. The SMILES string of the molecule is CC(C)NC(=O)CN(C)c1nnccc1C#N. The van der Waals surface area contributed by atoms with Crippen LogP contribution in [0.4, 0.5) is 5.82 Å². The van der Waals surface area contributed by atoms with Crippen LogP contribution in [0.5, 0.6) is 0 Å². The molecule has 1 aromatic heterocycles. The van der Waals surface area contributed by atoms with E-state index >= 15 is 0 Å². The van der Waals surface area contributed by atoms with Crippen molar-refractivity contribution >= 4 is 11.7 Å². The Hall–Kier alpha value is -2.16. The summed E-state index contributed by atoms with van der Waals surface area (Å²) < 4.78 is 0. The molecule has 0 saturated heterocycles. The first-order valence-corrected chi connectivity index (χ1v) is 5.27. The lowest BCUT2D eigenvalue weighted by molar-refractivity contribution is -0.120. The van der Waals surface area contributed by atoms with Crippen molar-refractivity contribution in [1.29, 1.82) is 5.26 Å². The van der Waals surface area contributed by atoms with Crippen molar-refractivity contribution in [3.63, 3.8) is 0 Å². The molecule has 0 bridgehead atoms. The van der Waals surface area contributed by atoms with Crippen molar-refractivity contribution in [1.82, 2.24) is 15.5 Å². The fraction of sp³-hybridized carbons (Fsp3) is 0.455. The molecule has 17 heavy (non-hydrogen) atoms. The Labute approximate surface area is 100 Å². The quantitative estimate of drug-likeness (QED) is 0.809. The number of amides is 1.